The van der Waals surface area contributed by atoms with Crippen molar-refractivity contribution in [2.24, 2.45) is 0 Å². The number of cyclic esters (lactones) is 1. The normalized spacial score (nSPS) is 14.3. The smallest absolute Gasteiger partial charge is 0.339 e. The van der Waals surface area contributed by atoms with Crippen molar-refractivity contribution in [2.45, 2.75) is 39.7 Å². The van der Waals surface area contributed by atoms with Crippen LogP contribution in [0.4, 0.5) is 0 Å². The molecule has 0 unspecified atom stereocenters. The summed E-state index contributed by atoms with van der Waals surface area (Å²) in [5.41, 5.74) is 4.28. The molecule has 1 aliphatic heterocycles. The van der Waals surface area contributed by atoms with Crippen LogP contribution in [-0.4, -0.2) is 5.97 Å². The number of benzene rings is 1. The molecule has 1 aromatic carbocycles. The standard InChI is InChI=1S/C13H16O2/c1-4-9-5-6-10(8(2)3)12-11(9)7-15-13(12)14/h5-6,8H,4,7H2,1-3H3. The maximum atomic E-state index is 11.6. The monoisotopic (exact) mass is 204 g/mol. The van der Waals surface area contributed by atoms with Crippen LogP contribution in [0.5, 0.6) is 0 Å². The Morgan fingerprint density at radius 2 is 2.13 bits per heavy atom. The number of aryl methyl sites for hydroxylation is 1. The minimum Gasteiger partial charge on any atom is -0.457 e. The minimum atomic E-state index is -0.149. The fourth-order valence-corrected chi connectivity index (χ4v) is 2.14. The number of rotatable bonds is 2. The fraction of sp³-hybridized carbons (Fsp3) is 0.462. The third-order valence-electron chi connectivity index (χ3n) is 3.00. The predicted molar refractivity (Wildman–Crippen MR) is 59.0 cm³/mol. The predicted octanol–water partition coefficient (Wildman–Crippen LogP) is 3.04. The Labute approximate surface area is 90.3 Å². The number of carbonyl (C=O) groups is 1. The van der Waals surface area contributed by atoms with Crippen molar-refractivity contribution in [2.75, 3.05) is 0 Å². The molecule has 0 saturated heterocycles. The molecule has 1 heterocycles. The molecule has 0 fully saturated rings. The molecule has 0 amide bonds. The van der Waals surface area contributed by atoms with Gasteiger partial charge in [-0.25, -0.2) is 4.79 Å². The van der Waals surface area contributed by atoms with E-state index >= 15 is 0 Å². The highest BCUT2D eigenvalue weighted by Crippen LogP contribution is 2.31. The van der Waals surface area contributed by atoms with Gasteiger partial charge in [0, 0.05) is 5.56 Å². The molecule has 0 saturated carbocycles. The van der Waals surface area contributed by atoms with E-state index in [0.717, 1.165) is 23.1 Å². The molecule has 0 N–H and O–H groups in total. The highest BCUT2D eigenvalue weighted by molar-refractivity contribution is 5.95. The van der Waals surface area contributed by atoms with Crippen molar-refractivity contribution in [1.29, 1.82) is 0 Å². The van der Waals surface area contributed by atoms with Crippen molar-refractivity contribution in [3.63, 3.8) is 0 Å². The number of ether oxygens (including phenoxy) is 1. The molecule has 15 heavy (non-hydrogen) atoms. The van der Waals surface area contributed by atoms with Gasteiger partial charge in [-0.15, -0.1) is 0 Å². The van der Waals surface area contributed by atoms with Crippen LogP contribution in [0.1, 0.15) is 53.7 Å². The molecule has 80 valence electrons. The van der Waals surface area contributed by atoms with Gasteiger partial charge in [-0.05, 0) is 23.5 Å². The van der Waals surface area contributed by atoms with Gasteiger partial charge in [0.05, 0.1) is 5.56 Å². The van der Waals surface area contributed by atoms with Crippen molar-refractivity contribution in [1.82, 2.24) is 0 Å². The molecule has 1 aliphatic rings. The maximum absolute atomic E-state index is 11.6. The first-order chi connectivity index (χ1) is 7.15. The Hall–Kier alpha value is -1.31. The Morgan fingerprint density at radius 3 is 2.73 bits per heavy atom. The number of carbonyl (C=O) groups excluding carboxylic acids is 1. The minimum absolute atomic E-state index is 0.149. The summed E-state index contributed by atoms with van der Waals surface area (Å²) in [4.78, 5) is 11.6. The van der Waals surface area contributed by atoms with E-state index in [9.17, 15) is 4.79 Å². The largest absolute Gasteiger partial charge is 0.457 e. The Morgan fingerprint density at radius 1 is 1.40 bits per heavy atom. The Kier molecular flexibility index (Phi) is 2.51. The lowest BCUT2D eigenvalue weighted by molar-refractivity contribution is 0.0533. The van der Waals surface area contributed by atoms with Crippen LogP contribution in [-0.2, 0) is 17.8 Å². The molecule has 0 aliphatic carbocycles. The summed E-state index contributed by atoms with van der Waals surface area (Å²) < 4.78 is 5.12. The van der Waals surface area contributed by atoms with E-state index in [4.69, 9.17) is 4.74 Å². The summed E-state index contributed by atoms with van der Waals surface area (Å²) in [7, 11) is 0. The number of esters is 1. The zero-order valence-corrected chi connectivity index (χ0v) is 9.46. The van der Waals surface area contributed by atoms with Crippen molar-refractivity contribution in [3.05, 3.63) is 34.4 Å². The summed E-state index contributed by atoms with van der Waals surface area (Å²) in [6, 6.07) is 4.19. The van der Waals surface area contributed by atoms with Crippen molar-refractivity contribution >= 4 is 5.97 Å². The van der Waals surface area contributed by atoms with Gasteiger partial charge >= 0.3 is 5.97 Å². The zero-order chi connectivity index (χ0) is 11.0. The lowest BCUT2D eigenvalue weighted by atomic mass is 9.91. The summed E-state index contributed by atoms with van der Waals surface area (Å²) >= 11 is 0. The maximum Gasteiger partial charge on any atom is 0.339 e. The van der Waals surface area contributed by atoms with E-state index in [1.165, 1.54) is 5.56 Å². The number of hydrogen-bond acceptors (Lipinski definition) is 2. The molecule has 0 bridgehead atoms. The van der Waals surface area contributed by atoms with Gasteiger partial charge < -0.3 is 4.74 Å². The van der Waals surface area contributed by atoms with Gasteiger partial charge in [-0.3, -0.25) is 0 Å². The second-order valence-corrected chi connectivity index (χ2v) is 4.25. The van der Waals surface area contributed by atoms with Crippen LogP contribution in [0.15, 0.2) is 12.1 Å². The Balaban J connectivity index is 2.63. The van der Waals surface area contributed by atoms with E-state index in [-0.39, 0.29) is 5.97 Å². The van der Waals surface area contributed by atoms with E-state index < -0.39 is 0 Å². The van der Waals surface area contributed by atoms with E-state index in [0.29, 0.717) is 12.5 Å². The third-order valence-corrected chi connectivity index (χ3v) is 3.00. The molecular formula is C13H16O2. The molecule has 0 aromatic heterocycles. The number of hydrogen-bond donors (Lipinski definition) is 0. The van der Waals surface area contributed by atoms with E-state index in [1.54, 1.807) is 0 Å². The van der Waals surface area contributed by atoms with Gasteiger partial charge in [-0.2, -0.15) is 0 Å². The van der Waals surface area contributed by atoms with Gasteiger partial charge in [0.15, 0.2) is 0 Å². The second-order valence-electron chi connectivity index (χ2n) is 4.25. The van der Waals surface area contributed by atoms with Crippen LogP contribution in [0, 0.1) is 0 Å². The average molecular weight is 204 g/mol. The molecule has 0 spiro atoms. The number of fused-ring (bicyclic) bond motifs is 1. The van der Waals surface area contributed by atoms with E-state index in [2.05, 4.69) is 32.9 Å². The quantitative estimate of drug-likeness (QED) is 0.692. The van der Waals surface area contributed by atoms with Gasteiger partial charge in [0.1, 0.15) is 6.61 Å². The van der Waals surface area contributed by atoms with Crippen LogP contribution in [0.3, 0.4) is 0 Å². The molecule has 0 radical (unpaired) electrons. The van der Waals surface area contributed by atoms with Gasteiger partial charge in [0.2, 0.25) is 0 Å². The van der Waals surface area contributed by atoms with Crippen molar-refractivity contribution < 1.29 is 9.53 Å². The highest BCUT2D eigenvalue weighted by Gasteiger charge is 2.27. The Bertz CT molecular complexity index is 405. The highest BCUT2D eigenvalue weighted by atomic mass is 16.5. The first kappa shape index (κ1) is 10.2. The average Bonchev–Trinajstić information content (AvgIpc) is 2.60. The van der Waals surface area contributed by atoms with Crippen LogP contribution in [0.2, 0.25) is 0 Å². The fourth-order valence-electron chi connectivity index (χ4n) is 2.14. The first-order valence-electron chi connectivity index (χ1n) is 5.47. The van der Waals surface area contributed by atoms with E-state index in [1.807, 2.05) is 0 Å². The summed E-state index contributed by atoms with van der Waals surface area (Å²) in [5.74, 6) is 0.222. The van der Waals surface area contributed by atoms with Gasteiger partial charge in [0.25, 0.3) is 0 Å². The molecule has 2 nitrogen and oxygen atoms in total. The lowest BCUT2D eigenvalue weighted by Crippen LogP contribution is -2.03. The van der Waals surface area contributed by atoms with Crippen LogP contribution >= 0.6 is 0 Å². The molecule has 2 rings (SSSR count). The van der Waals surface area contributed by atoms with Crippen molar-refractivity contribution in [3.8, 4) is 0 Å². The molecule has 2 heteroatoms. The summed E-state index contributed by atoms with van der Waals surface area (Å²) in [6.07, 6.45) is 0.956. The summed E-state index contributed by atoms with van der Waals surface area (Å²) in [6.45, 7) is 6.77. The second kappa shape index (κ2) is 3.69. The third kappa shape index (κ3) is 1.54. The SMILES string of the molecule is CCc1ccc(C(C)C)c2c1COC2=O. The topological polar surface area (TPSA) is 26.3 Å². The molecule has 1 aromatic rings. The van der Waals surface area contributed by atoms with Crippen LogP contribution in [0.25, 0.3) is 0 Å². The van der Waals surface area contributed by atoms with Crippen LogP contribution < -0.4 is 0 Å². The zero-order valence-electron chi connectivity index (χ0n) is 9.46. The lowest BCUT2D eigenvalue weighted by Gasteiger charge is -2.11. The van der Waals surface area contributed by atoms with Gasteiger partial charge in [-0.1, -0.05) is 32.9 Å². The molecule has 0 atom stereocenters. The summed E-state index contributed by atoms with van der Waals surface area (Å²) in [5, 5.41) is 0. The molecular weight excluding hydrogens is 188 g/mol. The first-order valence-corrected chi connectivity index (χ1v) is 5.47.